The molecule has 3 heterocycles. The minimum atomic E-state index is 0.271. The summed E-state index contributed by atoms with van der Waals surface area (Å²) in [6.45, 7) is 2.61. The van der Waals surface area contributed by atoms with Gasteiger partial charge >= 0.3 is 0 Å². The summed E-state index contributed by atoms with van der Waals surface area (Å²) in [6, 6.07) is 14.4. The highest BCUT2D eigenvalue weighted by Crippen LogP contribution is 2.20. The summed E-state index contributed by atoms with van der Waals surface area (Å²) in [6.07, 6.45) is 3.41. The molecule has 1 aliphatic rings. The molecule has 1 aromatic carbocycles. The van der Waals surface area contributed by atoms with Crippen LogP contribution in [0.15, 0.2) is 42.5 Å². The average molecular weight is 324 g/mol. The second kappa shape index (κ2) is 6.92. The van der Waals surface area contributed by atoms with Gasteiger partial charge in [-0.05, 0) is 47.4 Å². The lowest BCUT2D eigenvalue weighted by atomic mass is 10.1. The minimum Gasteiger partial charge on any atom is -0.376 e. The lowest BCUT2D eigenvalue weighted by molar-refractivity contribution is 0.0666. The van der Waals surface area contributed by atoms with E-state index in [1.54, 1.807) is 0 Å². The van der Waals surface area contributed by atoms with Crippen molar-refractivity contribution < 1.29 is 4.74 Å². The Balaban J connectivity index is 1.25. The van der Waals surface area contributed by atoms with Crippen LogP contribution in [0.5, 0.6) is 0 Å². The Bertz CT molecular complexity index is 790. The van der Waals surface area contributed by atoms with E-state index in [1.807, 2.05) is 18.2 Å². The van der Waals surface area contributed by atoms with E-state index in [9.17, 15) is 0 Å². The van der Waals surface area contributed by atoms with Gasteiger partial charge in [-0.1, -0.05) is 30.3 Å². The Labute approximate surface area is 140 Å². The molecule has 124 valence electrons. The van der Waals surface area contributed by atoms with Crippen molar-refractivity contribution in [3.63, 3.8) is 0 Å². The van der Waals surface area contributed by atoms with Gasteiger partial charge in [-0.15, -0.1) is 14.8 Å². The SMILES string of the molecule is c1ccc(CCCO[C@@H]2CCN(c3ccc4nnnn4n3)C2)cc1. The maximum atomic E-state index is 6.03. The van der Waals surface area contributed by atoms with E-state index >= 15 is 0 Å². The van der Waals surface area contributed by atoms with Crippen LogP contribution in [0.2, 0.25) is 0 Å². The van der Waals surface area contributed by atoms with Crippen molar-refractivity contribution in [1.82, 2.24) is 25.3 Å². The quantitative estimate of drug-likeness (QED) is 0.644. The normalized spacial score (nSPS) is 17.7. The molecule has 3 aromatic rings. The maximum Gasteiger partial charge on any atom is 0.200 e. The number of aryl methyl sites for hydroxylation is 1. The van der Waals surface area contributed by atoms with Crippen LogP contribution < -0.4 is 4.90 Å². The first-order valence-corrected chi connectivity index (χ1v) is 8.34. The highest BCUT2D eigenvalue weighted by molar-refractivity contribution is 5.45. The standard InChI is InChI=1S/C17H20N6O/c1-2-5-14(6-3-1)7-4-12-24-15-10-11-22(13-15)17-9-8-16-18-20-21-23(16)19-17/h1-3,5-6,8-9,15H,4,7,10-13H2/t15-/m1/s1. The summed E-state index contributed by atoms with van der Waals surface area (Å²) >= 11 is 0. The molecular weight excluding hydrogens is 304 g/mol. The predicted octanol–water partition coefficient (Wildman–Crippen LogP) is 1.75. The molecule has 0 spiro atoms. The Kier molecular flexibility index (Phi) is 4.33. The number of ether oxygens (including phenoxy) is 1. The lowest BCUT2D eigenvalue weighted by Crippen LogP contribution is -2.24. The van der Waals surface area contributed by atoms with Crippen LogP contribution in [0.1, 0.15) is 18.4 Å². The van der Waals surface area contributed by atoms with E-state index in [0.717, 1.165) is 44.8 Å². The van der Waals surface area contributed by atoms with Gasteiger partial charge in [-0.25, -0.2) is 0 Å². The third kappa shape index (κ3) is 3.35. The zero-order valence-corrected chi connectivity index (χ0v) is 13.5. The first-order valence-electron chi connectivity index (χ1n) is 8.34. The summed E-state index contributed by atoms with van der Waals surface area (Å²) in [4.78, 5) is 2.23. The Morgan fingerprint density at radius 1 is 1.12 bits per heavy atom. The molecule has 7 heteroatoms. The molecule has 7 nitrogen and oxygen atoms in total. The number of rotatable bonds is 6. The van der Waals surface area contributed by atoms with Crippen LogP contribution >= 0.6 is 0 Å². The molecule has 0 saturated carbocycles. The summed E-state index contributed by atoms with van der Waals surface area (Å²) in [5.74, 6) is 0.894. The van der Waals surface area contributed by atoms with Crippen molar-refractivity contribution in [2.75, 3.05) is 24.6 Å². The zero-order chi connectivity index (χ0) is 16.2. The van der Waals surface area contributed by atoms with Crippen molar-refractivity contribution in [3.05, 3.63) is 48.0 Å². The highest BCUT2D eigenvalue weighted by atomic mass is 16.5. The molecule has 0 unspecified atom stereocenters. The summed E-state index contributed by atoms with van der Waals surface area (Å²) in [5, 5.41) is 15.8. The average Bonchev–Trinajstić information content (AvgIpc) is 3.28. The molecule has 4 rings (SSSR count). The Morgan fingerprint density at radius 2 is 2.04 bits per heavy atom. The number of hydrogen-bond acceptors (Lipinski definition) is 6. The number of hydrogen-bond donors (Lipinski definition) is 0. The van der Waals surface area contributed by atoms with Gasteiger partial charge in [0.05, 0.1) is 6.10 Å². The van der Waals surface area contributed by atoms with E-state index in [2.05, 4.69) is 49.8 Å². The smallest absolute Gasteiger partial charge is 0.200 e. The molecule has 0 bridgehead atoms. The predicted molar refractivity (Wildman–Crippen MR) is 89.9 cm³/mol. The van der Waals surface area contributed by atoms with Gasteiger partial charge in [-0.2, -0.15) is 0 Å². The first kappa shape index (κ1) is 15.0. The molecule has 1 atom stereocenters. The van der Waals surface area contributed by atoms with Crippen molar-refractivity contribution in [3.8, 4) is 0 Å². The van der Waals surface area contributed by atoms with Crippen LogP contribution in [0.4, 0.5) is 5.82 Å². The largest absolute Gasteiger partial charge is 0.376 e. The van der Waals surface area contributed by atoms with Crippen LogP contribution in [-0.4, -0.2) is 51.1 Å². The van der Waals surface area contributed by atoms with E-state index in [4.69, 9.17) is 4.74 Å². The topological polar surface area (TPSA) is 68.4 Å². The van der Waals surface area contributed by atoms with Crippen molar-refractivity contribution in [1.29, 1.82) is 0 Å². The van der Waals surface area contributed by atoms with Crippen molar-refractivity contribution in [2.45, 2.75) is 25.4 Å². The fraction of sp³-hybridized carbons (Fsp3) is 0.412. The first-order chi connectivity index (χ1) is 11.9. The van der Waals surface area contributed by atoms with Crippen molar-refractivity contribution in [2.24, 2.45) is 0 Å². The second-order valence-corrected chi connectivity index (χ2v) is 6.03. The number of fused-ring (bicyclic) bond motifs is 1. The van der Waals surface area contributed by atoms with E-state index in [-0.39, 0.29) is 6.10 Å². The van der Waals surface area contributed by atoms with Gasteiger partial charge < -0.3 is 9.64 Å². The molecule has 0 aliphatic carbocycles. The van der Waals surface area contributed by atoms with E-state index in [0.29, 0.717) is 5.65 Å². The maximum absolute atomic E-state index is 6.03. The third-order valence-electron chi connectivity index (χ3n) is 4.33. The fourth-order valence-electron chi connectivity index (χ4n) is 3.05. The third-order valence-corrected chi connectivity index (χ3v) is 4.33. The summed E-state index contributed by atoms with van der Waals surface area (Å²) in [5.41, 5.74) is 2.03. The van der Waals surface area contributed by atoms with Crippen LogP contribution in [-0.2, 0) is 11.2 Å². The highest BCUT2D eigenvalue weighted by Gasteiger charge is 2.24. The molecule has 1 fully saturated rings. The lowest BCUT2D eigenvalue weighted by Gasteiger charge is -2.17. The van der Waals surface area contributed by atoms with Gasteiger partial charge in [0, 0.05) is 19.7 Å². The number of tetrazole rings is 1. The number of benzene rings is 1. The summed E-state index contributed by atoms with van der Waals surface area (Å²) in [7, 11) is 0. The van der Waals surface area contributed by atoms with Gasteiger partial charge in [0.2, 0.25) is 0 Å². The summed E-state index contributed by atoms with van der Waals surface area (Å²) < 4.78 is 7.49. The van der Waals surface area contributed by atoms with Crippen LogP contribution in [0.25, 0.3) is 5.65 Å². The Morgan fingerprint density at radius 3 is 2.96 bits per heavy atom. The molecular formula is C17H20N6O. The Hall–Kier alpha value is -2.54. The monoisotopic (exact) mass is 324 g/mol. The number of aromatic nitrogens is 5. The van der Waals surface area contributed by atoms with Crippen LogP contribution in [0.3, 0.4) is 0 Å². The van der Waals surface area contributed by atoms with E-state index in [1.165, 1.54) is 10.2 Å². The van der Waals surface area contributed by atoms with Crippen LogP contribution in [0, 0.1) is 0 Å². The zero-order valence-electron chi connectivity index (χ0n) is 13.5. The van der Waals surface area contributed by atoms with E-state index < -0.39 is 0 Å². The van der Waals surface area contributed by atoms with Crippen molar-refractivity contribution >= 4 is 11.5 Å². The minimum absolute atomic E-state index is 0.271. The second-order valence-electron chi connectivity index (χ2n) is 6.03. The molecule has 0 N–H and O–H groups in total. The van der Waals surface area contributed by atoms with Gasteiger partial charge in [0.15, 0.2) is 11.5 Å². The van der Waals surface area contributed by atoms with Gasteiger partial charge in [-0.3, -0.25) is 0 Å². The number of anilines is 1. The molecule has 2 aromatic heterocycles. The van der Waals surface area contributed by atoms with Gasteiger partial charge in [0.1, 0.15) is 0 Å². The molecule has 1 aliphatic heterocycles. The molecule has 24 heavy (non-hydrogen) atoms. The number of nitrogens with zero attached hydrogens (tertiary/aromatic N) is 6. The molecule has 0 radical (unpaired) electrons. The molecule has 0 amide bonds. The van der Waals surface area contributed by atoms with Gasteiger partial charge in [0.25, 0.3) is 0 Å². The molecule has 1 saturated heterocycles. The fourth-order valence-corrected chi connectivity index (χ4v) is 3.05.